The van der Waals surface area contributed by atoms with Crippen molar-refractivity contribution in [3.05, 3.63) is 23.7 Å². The fraction of sp³-hybridized carbons (Fsp3) is 0.615. The van der Waals surface area contributed by atoms with Crippen molar-refractivity contribution < 1.29 is 13.9 Å². The first-order chi connectivity index (χ1) is 8.17. The lowest BCUT2D eigenvalue weighted by Gasteiger charge is -2.15. The van der Waals surface area contributed by atoms with Crippen LogP contribution in [0.15, 0.2) is 16.5 Å². The maximum Gasteiger partial charge on any atom is 0.323 e. The Bertz CT molecular complexity index is 346. The lowest BCUT2D eigenvalue weighted by Crippen LogP contribution is -2.37. The van der Waals surface area contributed by atoms with Crippen molar-refractivity contribution in [2.75, 3.05) is 6.61 Å². The van der Waals surface area contributed by atoms with Crippen LogP contribution in [-0.4, -0.2) is 18.6 Å². The van der Waals surface area contributed by atoms with Crippen molar-refractivity contribution in [3.63, 3.8) is 0 Å². The van der Waals surface area contributed by atoms with Crippen molar-refractivity contribution in [3.8, 4) is 0 Å². The number of nitrogens with one attached hydrogen (secondary N) is 1. The van der Waals surface area contributed by atoms with Crippen LogP contribution in [0.25, 0.3) is 0 Å². The van der Waals surface area contributed by atoms with E-state index < -0.39 is 0 Å². The molecular formula is C13H21NO3. The molecule has 1 atom stereocenters. The van der Waals surface area contributed by atoms with Gasteiger partial charge in [-0.3, -0.25) is 10.1 Å². The molecule has 0 aromatic carbocycles. The molecule has 4 heteroatoms. The van der Waals surface area contributed by atoms with E-state index in [2.05, 4.69) is 5.32 Å². The molecule has 0 amide bonds. The van der Waals surface area contributed by atoms with E-state index in [1.54, 1.807) is 0 Å². The topological polar surface area (TPSA) is 51.5 Å². The Labute approximate surface area is 102 Å². The summed E-state index contributed by atoms with van der Waals surface area (Å²) in [5.74, 6) is 1.54. The number of aryl methyl sites for hydroxylation is 1. The predicted molar refractivity (Wildman–Crippen MR) is 65.6 cm³/mol. The summed E-state index contributed by atoms with van der Waals surface area (Å²) in [4.78, 5) is 11.6. The molecule has 1 heterocycles. The number of hydrogen-bond acceptors (Lipinski definition) is 4. The fourth-order valence-corrected chi connectivity index (χ4v) is 1.64. The molecular weight excluding hydrogens is 218 g/mol. The third kappa shape index (κ3) is 4.61. The summed E-state index contributed by atoms with van der Waals surface area (Å²) in [6.45, 7) is 6.73. The second kappa shape index (κ2) is 7.12. The molecule has 0 fully saturated rings. The fourth-order valence-electron chi connectivity index (χ4n) is 1.64. The van der Waals surface area contributed by atoms with Gasteiger partial charge in [0.25, 0.3) is 0 Å². The number of carbonyl (C=O) groups excluding carboxylic acids is 1. The second-order valence-corrected chi connectivity index (χ2v) is 3.99. The molecule has 0 aliphatic heterocycles. The van der Waals surface area contributed by atoms with Gasteiger partial charge in [0, 0.05) is 0 Å². The van der Waals surface area contributed by atoms with E-state index >= 15 is 0 Å². The first-order valence-electron chi connectivity index (χ1n) is 6.12. The molecule has 1 rings (SSSR count). The van der Waals surface area contributed by atoms with Crippen molar-refractivity contribution in [1.82, 2.24) is 5.32 Å². The number of hydrogen-bond donors (Lipinski definition) is 1. The smallest absolute Gasteiger partial charge is 0.323 e. The van der Waals surface area contributed by atoms with Crippen molar-refractivity contribution >= 4 is 5.97 Å². The quantitative estimate of drug-likeness (QED) is 0.742. The molecule has 96 valence electrons. The maximum atomic E-state index is 11.6. The van der Waals surface area contributed by atoms with Crippen LogP contribution >= 0.6 is 0 Å². The van der Waals surface area contributed by atoms with Crippen LogP contribution in [-0.2, 0) is 16.1 Å². The number of esters is 1. The van der Waals surface area contributed by atoms with E-state index in [0.29, 0.717) is 13.2 Å². The average molecular weight is 239 g/mol. The Morgan fingerprint density at radius 3 is 2.76 bits per heavy atom. The van der Waals surface area contributed by atoms with Gasteiger partial charge in [-0.2, -0.15) is 0 Å². The molecule has 1 unspecified atom stereocenters. The minimum absolute atomic E-state index is 0.183. The average Bonchev–Trinajstić information content (AvgIpc) is 2.70. The summed E-state index contributed by atoms with van der Waals surface area (Å²) in [7, 11) is 0. The van der Waals surface area contributed by atoms with Crippen LogP contribution in [0, 0.1) is 6.92 Å². The lowest BCUT2D eigenvalue weighted by molar-refractivity contribution is -0.145. The van der Waals surface area contributed by atoms with E-state index in [-0.39, 0.29) is 12.0 Å². The highest BCUT2D eigenvalue weighted by Gasteiger charge is 2.18. The van der Waals surface area contributed by atoms with Gasteiger partial charge in [-0.1, -0.05) is 13.3 Å². The van der Waals surface area contributed by atoms with E-state index in [0.717, 1.165) is 24.4 Å². The summed E-state index contributed by atoms with van der Waals surface area (Å²) >= 11 is 0. The zero-order chi connectivity index (χ0) is 12.7. The van der Waals surface area contributed by atoms with E-state index in [4.69, 9.17) is 9.15 Å². The van der Waals surface area contributed by atoms with Gasteiger partial charge >= 0.3 is 5.97 Å². The standard InChI is InChI=1S/C13H21NO3/c1-4-6-12(13(15)16-5-2)14-9-11-8-7-10(3)17-11/h7-8,12,14H,4-6,9H2,1-3H3. The maximum absolute atomic E-state index is 11.6. The monoisotopic (exact) mass is 239 g/mol. The van der Waals surface area contributed by atoms with Gasteiger partial charge in [0.15, 0.2) is 0 Å². The SMILES string of the molecule is CCCC(NCc1ccc(C)o1)C(=O)OCC. The Hall–Kier alpha value is -1.29. The molecule has 1 aromatic heterocycles. The largest absolute Gasteiger partial charge is 0.465 e. The van der Waals surface area contributed by atoms with Crippen molar-refractivity contribution in [1.29, 1.82) is 0 Å². The number of ether oxygens (including phenoxy) is 1. The van der Waals surface area contributed by atoms with Crippen LogP contribution < -0.4 is 5.32 Å². The van der Waals surface area contributed by atoms with Gasteiger partial charge in [-0.05, 0) is 32.4 Å². The summed E-state index contributed by atoms with van der Waals surface area (Å²) in [5.41, 5.74) is 0. The Balaban J connectivity index is 2.46. The van der Waals surface area contributed by atoms with Gasteiger partial charge in [-0.25, -0.2) is 0 Å². The van der Waals surface area contributed by atoms with E-state index in [1.807, 2.05) is 32.9 Å². The van der Waals surface area contributed by atoms with Crippen LogP contribution in [0.4, 0.5) is 0 Å². The zero-order valence-corrected chi connectivity index (χ0v) is 10.8. The van der Waals surface area contributed by atoms with Crippen LogP contribution in [0.3, 0.4) is 0 Å². The first-order valence-corrected chi connectivity index (χ1v) is 6.12. The number of carbonyl (C=O) groups is 1. The molecule has 0 radical (unpaired) electrons. The highest BCUT2D eigenvalue weighted by molar-refractivity contribution is 5.75. The number of rotatable bonds is 7. The Kier molecular flexibility index (Phi) is 5.77. The zero-order valence-electron chi connectivity index (χ0n) is 10.8. The van der Waals surface area contributed by atoms with Gasteiger partial charge in [0.2, 0.25) is 0 Å². The predicted octanol–water partition coefficient (Wildman–Crippen LogP) is 2.41. The van der Waals surface area contributed by atoms with Crippen LogP contribution in [0.2, 0.25) is 0 Å². The van der Waals surface area contributed by atoms with Crippen LogP contribution in [0.1, 0.15) is 38.2 Å². The molecule has 0 saturated carbocycles. The molecule has 17 heavy (non-hydrogen) atoms. The molecule has 4 nitrogen and oxygen atoms in total. The van der Waals surface area contributed by atoms with Crippen molar-refractivity contribution in [2.24, 2.45) is 0 Å². The molecule has 1 N–H and O–H groups in total. The van der Waals surface area contributed by atoms with Gasteiger partial charge in [0.05, 0.1) is 13.2 Å². The van der Waals surface area contributed by atoms with Gasteiger partial charge in [0.1, 0.15) is 17.6 Å². The molecule has 0 aliphatic carbocycles. The van der Waals surface area contributed by atoms with E-state index in [1.165, 1.54) is 0 Å². The van der Waals surface area contributed by atoms with Crippen LogP contribution in [0.5, 0.6) is 0 Å². The van der Waals surface area contributed by atoms with Gasteiger partial charge < -0.3 is 9.15 Å². The minimum Gasteiger partial charge on any atom is -0.465 e. The number of furan rings is 1. The highest BCUT2D eigenvalue weighted by atomic mass is 16.5. The molecule has 0 spiro atoms. The minimum atomic E-state index is -0.245. The lowest BCUT2D eigenvalue weighted by atomic mass is 10.1. The Morgan fingerprint density at radius 2 is 2.24 bits per heavy atom. The molecule has 0 aliphatic rings. The summed E-state index contributed by atoms with van der Waals surface area (Å²) in [5, 5.41) is 3.17. The Morgan fingerprint density at radius 1 is 1.47 bits per heavy atom. The van der Waals surface area contributed by atoms with E-state index in [9.17, 15) is 4.79 Å². The summed E-state index contributed by atoms with van der Waals surface area (Å²) in [6.07, 6.45) is 1.71. The normalized spacial score (nSPS) is 12.4. The molecule has 0 saturated heterocycles. The summed E-state index contributed by atoms with van der Waals surface area (Å²) < 4.78 is 10.5. The van der Waals surface area contributed by atoms with Crippen molar-refractivity contribution in [2.45, 2.75) is 46.2 Å². The summed E-state index contributed by atoms with van der Waals surface area (Å²) in [6, 6.07) is 3.58. The highest BCUT2D eigenvalue weighted by Crippen LogP contribution is 2.07. The third-order valence-corrected chi connectivity index (χ3v) is 2.47. The molecule has 1 aromatic rings. The first kappa shape index (κ1) is 13.8. The second-order valence-electron chi connectivity index (χ2n) is 3.99. The van der Waals surface area contributed by atoms with Gasteiger partial charge in [-0.15, -0.1) is 0 Å². The third-order valence-electron chi connectivity index (χ3n) is 2.47. The molecule has 0 bridgehead atoms.